The monoisotopic (exact) mass is 316 g/mol. The summed E-state index contributed by atoms with van der Waals surface area (Å²) in [6.45, 7) is 3.15. The molecule has 5 heteroatoms. The molecule has 0 aliphatic rings. The van der Waals surface area contributed by atoms with Gasteiger partial charge in [-0.1, -0.05) is 55.8 Å². The fourth-order valence-electron chi connectivity index (χ4n) is 1.86. The highest BCUT2D eigenvalue weighted by Gasteiger charge is 2.02. The van der Waals surface area contributed by atoms with Gasteiger partial charge >= 0.3 is 0 Å². The molecular formula is C15H22Cl2N2O. The van der Waals surface area contributed by atoms with E-state index in [9.17, 15) is 4.79 Å². The fourth-order valence-corrected chi connectivity index (χ4v) is 2.38. The van der Waals surface area contributed by atoms with Crippen LogP contribution in [0.3, 0.4) is 0 Å². The van der Waals surface area contributed by atoms with Crippen LogP contribution in [0.25, 0.3) is 0 Å². The lowest BCUT2D eigenvalue weighted by atomic mass is 10.1. The van der Waals surface area contributed by atoms with E-state index in [1.165, 1.54) is 25.7 Å². The number of hydrogen-bond donors (Lipinski definition) is 2. The van der Waals surface area contributed by atoms with E-state index in [0.29, 0.717) is 10.0 Å². The minimum Gasteiger partial charge on any atom is -0.376 e. The highest BCUT2D eigenvalue weighted by Crippen LogP contribution is 2.22. The maximum Gasteiger partial charge on any atom is 0.239 e. The van der Waals surface area contributed by atoms with E-state index in [4.69, 9.17) is 23.2 Å². The number of carbonyl (C=O) groups is 1. The van der Waals surface area contributed by atoms with Crippen molar-refractivity contribution in [2.45, 2.75) is 39.0 Å². The lowest BCUT2D eigenvalue weighted by Crippen LogP contribution is -2.30. The van der Waals surface area contributed by atoms with Crippen LogP contribution in [0, 0.1) is 0 Å². The van der Waals surface area contributed by atoms with Gasteiger partial charge in [0.05, 0.1) is 6.54 Å². The minimum atomic E-state index is -0.0170. The van der Waals surface area contributed by atoms with Gasteiger partial charge < -0.3 is 10.6 Å². The van der Waals surface area contributed by atoms with E-state index in [1.54, 1.807) is 18.2 Å². The van der Waals surface area contributed by atoms with Gasteiger partial charge in [-0.3, -0.25) is 4.79 Å². The fraction of sp³-hybridized carbons (Fsp3) is 0.533. The molecule has 0 aliphatic carbocycles. The van der Waals surface area contributed by atoms with Crippen LogP contribution in [0.2, 0.25) is 10.0 Å². The van der Waals surface area contributed by atoms with Gasteiger partial charge in [-0.25, -0.2) is 0 Å². The molecule has 1 aromatic rings. The van der Waals surface area contributed by atoms with Crippen molar-refractivity contribution in [1.82, 2.24) is 5.32 Å². The Labute approximate surface area is 131 Å². The molecule has 0 fully saturated rings. The number of benzene rings is 1. The first-order valence-corrected chi connectivity index (χ1v) is 7.84. The summed E-state index contributed by atoms with van der Waals surface area (Å²) in [5.41, 5.74) is 0.751. The smallest absolute Gasteiger partial charge is 0.239 e. The molecule has 20 heavy (non-hydrogen) atoms. The molecule has 0 spiro atoms. The number of anilines is 1. The number of unbranched alkanes of at least 4 members (excludes halogenated alkanes) is 4. The predicted molar refractivity (Wildman–Crippen MR) is 86.7 cm³/mol. The Bertz CT molecular complexity index is 404. The topological polar surface area (TPSA) is 41.1 Å². The number of nitrogens with one attached hydrogen (secondary N) is 2. The first-order chi connectivity index (χ1) is 9.61. The Kier molecular flexibility index (Phi) is 8.47. The average molecular weight is 317 g/mol. The Morgan fingerprint density at radius 3 is 2.35 bits per heavy atom. The van der Waals surface area contributed by atoms with Crippen LogP contribution in [0.5, 0.6) is 0 Å². The number of hydrogen-bond acceptors (Lipinski definition) is 2. The third kappa shape index (κ3) is 7.61. The van der Waals surface area contributed by atoms with Crippen molar-refractivity contribution in [1.29, 1.82) is 0 Å². The Balaban J connectivity index is 2.16. The second kappa shape index (κ2) is 9.89. The van der Waals surface area contributed by atoms with Gasteiger partial charge in [-0.15, -0.1) is 0 Å². The second-order valence-corrected chi connectivity index (χ2v) is 5.65. The van der Waals surface area contributed by atoms with Gasteiger partial charge in [0, 0.05) is 22.3 Å². The van der Waals surface area contributed by atoms with Gasteiger partial charge in [0.1, 0.15) is 0 Å². The molecule has 3 nitrogen and oxygen atoms in total. The highest BCUT2D eigenvalue weighted by atomic mass is 35.5. The molecule has 1 rings (SSSR count). The van der Waals surface area contributed by atoms with Gasteiger partial charge in [-0.2, -0.15) is 0 Å². The van der Waals surface area contributed by atoms with Crippen LogP contribution >= 0.6 is 23.2 Å². The van der Waals surface area contributed by atoms with Gasteiger partial charge in [0.2, 0.25) is 5.91 Å². The summed E-state index contributed by atoms with van der Waals surface area (Å²) in [4.78, 5) is 11.6. The van der Waals surface area contributed by atoms with Gasteiger partial charge in [0.15, 0.2) is 0 Å². The Morgan fingerprint density at radius 2 is 1.70 bits per heavy atom. The third-order valence-electron chi connectivity index (χ3n) is 2.92. The summed E-state index contributed by atoms with van der Waals surface area (Å²) >= 11 is 11.8. The zero-order chi connectivity index (χ0) is 14.8. The molecule has 0 heterocycles. The number of amides is 1. The van der Waals surface area contributed by atoms with E-state index in [1.807, 2.05) is 0 Å². The Morgan fingerprint density at radius 1 is 1.05 bits per heavy atom. The number of halogens is 2. The second-order valence-electron chi connectivity index (χ2n) is 4.78. The van der Waals surface area contributed by atoms with E-state index < -0.39 is 0 Å². The number of rotatable bonds is 9. The molecule has 0 bridgehead atoms. The van der Waals surface area contributed by atoms with E-state index in [-0.39, 0.29) is 12.5 Å². The molecule has 0 saturated heterocycles. The van der Waals surface area contributed by atoms with E-state index in [2.05, 4.69) is 17.6 Å². The van der Waals surface area contributed by atoms with Crippen molar-refractivity contribution in [3.05, 3.63) is 28.2 Å². The predicted octanol–water partition coefficient (Wildman–Crippen LogP) is 4.49. The van der Waals surface area contributed by atoms with Crippen molar-refractivity contribution < 1.29 is 4.79 Å². The van der Waals surface area contributed by atoms with Crippen molar-refractivity contribution in [2.75, 3.05) is 18.4 Å². The van der Waals surface area contributed by atoms with Crippen LogP contribution in [0.1, 0.15) is 39.0 Å². The molecule has 1 aromatic carbocycles. The van der Waals surface area contributed by atoms with Gasteiger partial charge in [-0.05, 0) is 24.6 Å². The normalized spacial score (nSPS) is 10.3. The van der Waals surface area contributed by atoms with E-state index in [0.717, 1.165) is 18.7 Å². The number of carbonyl (C=O) groups excluding carboxylic acids is 1. The zero-order valence-electron chi connectivity index (χ0n) is 11.8. The summed E-state index contributed by atoms with van der Waals surface area (Å²) < 4.78 is 0. The van der Waals surface area contributed by atoms with Crippen molar-refractivity contribution >= 4 is 34.8 Å². The summed E-state index contributed by atoms with van der Waals surface area (Å²) in [6, 6.07) is 5.14. The quantitative estimate of drug-likeness (QED) is 0.659. The summed E-state index contributed by atoms with van der Waals surface area (Å²) in [5, 5.41) is 7.00. The SMILES string of the molecule is CCCCCCCNC(=O)CNc1cc(Cl)cc(Cl)c1. The molecule has 1 amide bonds. The molecule has 0 aliphatic heterocycles. The maximum atomic E-state index is 11.6. The summed E-state index contributed by atoms with van der Waals surface area (Å²) in [5.74, 6) is -0.0170. The molecule has 0 radical (unpaired) electrons. The molecule has 2 N–H and O–H groups in total. The van der Waals surface area contributed by atoms with Crippen LogP contribution in [-0.2, 0) is 4.79 Å². The summed E-state index contributed by atoms with van der Waals surface area (Å²) in [6.07, 6.45) is 5.95. The van der Waals surface area contributed by atoms with Crippen molar-refractivity contribution in [3.8, 4) is 0 Å². The van der Waals surface area contributed by atoms with Crippen LogP contribution in [-0.4, -0.2) is 19.0 Å². The van der Waals surface area contributed by atoms with Crippen molar-refractivity contribution in [3.63, 3.8) is 0 Å². The standard InChI is InChI=1S/C15H22Cl2N2O/c1-2-3-4-5-6-7-18-15(20)11-19-14-9-12(16)8-13(17)10-14/h8-10,19H,2-7,11H2,1H3,(H,18,20). The molecule has 0 unspecified atom stereocenters. The molecule has 0 atom stereocenters. The minimum absolute atomic E-state index is 0.0170. The average Bonchev–Trinajstić information content (AvgIpc) is 2.39. The zero-order valence-corrected chi connectivity index (χ0v) is 13.4. The molecule has 0 aromatic heterocycles. The maximum absolute atomic E-state index is 11.6. The lowest BCUT2D eigenvalue weighted by Gasteiger charge is -2.08. The van der Waals surface area contributed by atoms with Gasteiger partial charge in [0.25, 0.3) is 0 Å². The first kappa shape index (κ1) is 17.1. The lowest BCUT2D eigenvalue weighted by molar-refractivity contribution is -0.119. The highest BCUT2D eigenvalue weighted by molar-refractivity contribution is 6.35. The molecule has 0 saturated carbocycles. The Hall–Kier alpha value is -0.930. The largest absolute Gasteiger partial charge is 0.376 e. The van der Waals surface area contributed by atoms with Crippen LogP contribution in [0.15, 0.2) is 18.2 Å². The molecular weight excluding hydrogens is 295 g/mol. The van der Waals surface area contributed by atoms with E-state index >= 15 is 0 Å². The summed E-state index contributed by atoms with van der Waals surface area (Å²) in [7, 11) is 0. The third-order valence-corrected chi connectivity index (χ3v) is 3.35. The molecule has 112 valence electrons. The van der Waals surface area contributed by atoms with Crippen molar-refractivity contribution in [2.24, 2.45) is 0 Å². The van der Waals surface area contributed by atoms with Crippen LogP contribution < -0.4 is 10.6 Å². The van der Waals surface area contributed by atoms with Crippen LogP contribution in [0.4, 0.5) is 5.69 Å². The first-order valence-electron chi connectivity index (χ1n) is 7.08.